The van der Waals surface area contributed by atoms with E-state index in [4.69, 9.17) is 0 Å². The number of hydrogen-bond acceptors (Lipinski definition) is 4. The molecular weight excluding hydrogens is 360 g/mol. The zero-order valence-corrected chi connectivity index (χ0v) is 17.1. The van der Waals surface area contributed by atoms with E-state index in [1.807, 2.05) is 26.0 Å². The van der Waals surface area contributed by atoms with Gasteiger partial charge in [0.25, 0.3) is 0 Å². The summed E-state index contributed by atoms with van der Waals surface area (Å²) in [4.78, 5) is 13.7. The average Bonchev–Trinajstić information content (AvgIpc) is 3.25. The summed E-state index contributed by atoms with van der Waals surface area (Å²) in [7, 11) is -3.74. The van der Waals surface area contributed by atoms with E-state index in [0.29, 0.717) is 29.8 Å². The highest BCUT2D eigenvalue weighted by Gasteiger charge is 2.54. The van der Waals surface area contributed by atoms with E-state index in [0.717, 1.165) is 49.7 Å². The van der Waals surface area contributed by atoms with E-state index in [1.165, 1.54) is 0 Å². The lowest BCUT2D eigenvalue weighted by Crippen LogP contribution is -2.56. The fourth-order valence-electron chi connectivity index (χ4n) is 5.26. The summed E-state index contributed by atoms with van der Waals surface area (Å²) in [5.74, 6) is -0.271. The molecule has 4 rings (SSSR count). The van der Waals surface area contributed by atoms with Gasteiger partial charge in [-0.15, -0.1) is 0 Å². The lowest BCUT2D eigenvalue weighted by atomic mass is 9.98. The monoisotopic (exact) mass is 390 g/mol. The first-order valence-electron chi connectivity index (χ1n) is 10.2. The summed E-state index contributed by atoms with van der Waals surface area (Å²) < 4.78 is 26.1. The number of amides is 1. The Bertz CT molecular complexity index is 831. The second-order valence-corrected chi connectivity index (χ2v) is 11.0. The van der Waals surface area contributed by atoms with Gasteiger partial charge in [0.1, 0.15) is 0 Å². The molecule has 2 unspecified atom stereocenters. The Morgan fingerprint density at radius 3 is 2.37 bits per heavy atom. The number of benzene rings is 1. The van der Waals surface area contributed by atoms with E-state index >= 15 is 0 Å². The zero-order valence-electron chi connectivity index (χ0n) is 16.3. The molecule has 27 heavy (non-hydrogen) atoms. The van der Waals surface area contributed by atoms with Crippen molar-refractivity contribution in [2.75, 3.05) is 0 Å². The molecule has 0 radical (unpaired) electrons. The van der Waals surface area contributed by atoms with Crippen LogP contribution in [0, 0.1) is 13.8 Å². The lowest BCUT2D eigenvalue weighted by molar-refractivity contribution is -0.124. The normalized spacial score (nSPS) is 29.6. The number of carbonyl (C=O) groups excluding carboxylic acids is 1. The molecule has 2 saturated heterocycles. The number of nitrogens with one attached hydrogen (secondary N) is 2. The second-order valence-electron chi connectivity index (χ2n) is 8.75. The molecule has 3 aliphatic rings. The second kappa shape index (κ2) is 6.89. The largest absolute Gasteiger partial charge is 0.352 e. The predicted octanol–water partition coefficient (Wildman–Crippen LogP) is 2.79. The molecule has 0 spiro atoms. The first kappa shape index (κ1) is 18.9. The van der Waals surface area contributed by atoms with Crippen molar-refractivity contribution in [1.29, 1.82) is 0 Å². The van der Waals surface area contributed by atoms with Gasteiger partial charge < -0.3 is 10.6 Å². The highest BCUT2D eigenvalue weighted by Crippen LogP contribution is 2.42. The average molecular weight is 391 g/mol. The highest BCUT2D eigenvalue weighted by molar-refractivity contribution is 7.93. The molecule has 1 aromatic carbocycles. The minimum Gasteiger partial charge on any atom is -0.352 e. The summed E-state index contributed by atoms with van der Waals surface area (Å²) in [6.07, 6.45) is 6.54. The van der Waals surface area contributed by atoms with Crippen molar-refractivity contribution in [3.8, 4) is 0 Å². The Hall–Kier alpha value is -1.40. The van der Waals surface area contributed by atoms with Gasteiger partial charge in [-0.05, 0) is 69.6 Å². The fraction of sp³-hybridized carbons (Fsp3) is 0.667. The number of hydrogen-bond donors (Lipinski definition) is 2. The van der Waals surface area contributed by atoms with Crippen molar-refractivity contribution in [1.82, 2.24) is 10.6 Å². The van der Waals surface area contributed by atoms with Crippen molar-refractivity contribution in [2.45, 2.75) is 93.0 Å². The van der Waals surface area contributed by atoms with Crippen LogP contribution in [-0.2, 0) is 14.6 Å². The van der Waals surface area contributed by atoms with Gasteiger partial charge in [0.05, 0.1) is 4.90 Å². The number of piperidine rings is 1. The van der Waals surface area contributed by atoms with Crippen molar-refractivity contribution < 1.29 is 13.2 Å². The van der Waals surface area contributed by atoms with Gasteiger partial charge in [-0.2, -0.15) is 0 Å². The predicted molar refractivity (Wildman–Crippen MR) is 105 cm³/mol. The minimum atomic E-state index is -3.74. The molecule has 1 amide bonds. The molecular formula is C21H30N2O3S. The maximum absolute atomic E-state index is 13.7. The van der Waals surface area contributed by atoms with Crippen LogP contribution >= 0.6 is 0 Å². The molecule has 1 aliphatic carbocycles. The minimum absolute atomic E-state index is 0.0857. The Morgan fingerprint density at radius 2 is 1.74 bits per heavy atom. The maximum Gasteiger partial charge on any atom is 0.242 e. The van der Waals surface area contributed by atoms with Crippen LogP contribution in [-0.4, -0.2) is 37.2 Å². The highest BCUT2D eigenvalue weighted by atomic mass is 32.2. The summed E-state index contributed by atoms with van der Waals surface area (Å²) in [5.41, 5.74) is 1.63. The molecule has 3 fully saturated rings. The summed E-state index contributed by atoms with van der Waals surface area (Å²) in [5, 5.41) is 6.73. The Labute approximate surface area is 162 Å². The van der Waals surface area contributed by atoms with Gasteiger partial charge in [0.2, 0.25) is 5.91 Å². The van der Waals surface area contributed by atoms with Gasteiger partial charge in [-0.25, -0.2) is 8.42 Å². The first-order valence-corrected chi connectivity index (χ1v) is 11.7. The number of rotatable bonds is 4. The number of carbonyl (C=O) groups is 1. The van der Waals surface area contributed by atoms with E-state index < -0.39 is 14.6 Å². The molecule has 1 aromatic rings. The standard InChI is InChI=1S/C21H30N2O3S/c1-14-5-6-15(2)19(11-14)27(25,26)21(9-3-4-10-21)20(24)23-18-12-16-7-8-17(13-18)22-16/h5-6,11,16-18,22H,3-4,7-10,12-13H2,1-2H3,(H,23,24). The van der Waals surface area contributed by atoms with Crippen LogP contribution in [0.1, 0.15) is 62.5 Å². The smallest absolute Gasteiger partial charge is 0.242 e. The number of aryl methyl sites for hydroxylation is 2. The molecule has 6 heteroatoms. The molecule has 0 aromatic heterocycles. The molecule has 2 bridgehead atoms. The van der Waals surface area contributed by atoms with Crippen LogP contribution < -0.4 is 10.6 Å². The molecule has 148 valence electrons. The van der Waals surface area contributed by atoms with Gasteiger partial charge in [0.15, 0.2) is 14.6 Å². The topological polar surface area (TPSA) is 75.3 Å². The first-order chi connectivity index (χ1) is 12.8. The molecule has 2 atom stereocenters. The van der Waals surface area contributed by atoms with Gasteiger partial charge in [0, 0.05) is 18.1 Å². The van der Waals surface area contributed by atoms with Crippen LogP contribution in [0.5, 0.6) is 0 Å². The van der Waals surface area contributed by atoms with Crippen molar-refractivity contribution >= 4 is 15.7 Å². The summed E-state index contributed by atoms with van der Waals surface area (Å²) in [6, 6.07) is 6.49. The fourth-order valence-corrected chi connectivity index (χ4v) is 7.65. The quantitative estimate of drug-likeness (QED) is 0.829. The van der Waals surface area contributed by atoms with Crippen LogP contribution in [0.2, 0.25) is 0 Å². The Morgan fingerprint density at radius 1 is 1.11 bits per heavy atom. The summed E-state index contributed by atoms with van der Waals surface area (Å²) in [6.45, 7) is 3.71. The van der Waals surface area contributed by atoms with Crippen LogP contribution in [0.15, 0.2) is 23.1 Å². The third kappa shape index (κ3) is 3.21. The number of fused-ring (bicyclic) bond motifs is 2. The number of sulfone groups is 1. The van der Waals surface area contributed by atoms with E-state index in [9.17, 15) is 13.2 Å². The van der Waals surface area contributed by atoms with Crippen LogP contribution in [0.3, 0.4) is 0 Å². The summed E-state index contributed by atoms with van der Waals surface area (Å²) >= 11 is 0. The van der Waals surface area contributed by atoms with Crippen molar-refractivity contribution in [3.63, 3.8) is 0 Å². The third-order valence-electron chi connectivity index (χ3n) is 6.78. The molecule has 2 N–H and O–H groups in total. The van der Waals surface area contributed by atoms with Crippen LogP contribution in [0.4, 0.5) is 0 Å². The Balaban J connectivity index is 1.64. The molecule has 5 nitrogen and oxygen atoms in total. The SMILES string of the molecule is Cc1ccc(C)c(S(=O)(=O)C2(C(=O)NC3CC4CCC(C3)N4)CCCC2)c1. The van der Waals surface area contributed by atoms with Gasteiger partial charge in [-0.1, -0.05) is 25.0 Å². The van der Waals surface area contributed by atoms with Crippen molar-refractivity contribution in [3.05, 3.63) is 29.3 Å². The van der Waals surface area contributed by atoms with E-state index in [-0.39, 0.29) is 11.9 Å². The lowest BCUT2D eigenvalue weighted by Gasteiger charge is -2.34. The zero-order chi connectivity index (χ0) is 19.2. The molecule has 2 aliphatic heterocycles. The van der Waals surface area contributed by atoms with Crippen molar-refractivity contribution in [2.24, 2.45) is 0 Å². The van der Waals surface area contributed by atoms with E-state index in [2.05, 4.69) is 10.6 Å². The van der Waals surface area contributed by atoms with Gasteiger partial charge >= 0.3 is 0 Å². The molecule has 2 heterocycles. The van der Waals surface area contributed by atoms with Crippen LogP contribution in [0.25, 0.3) is 0 Å². The Kier molecular flexibility index (Phi) is 4.83. The third-order valence-corrected chi connectivity index (χ3v) is 9.42. The molecule has 1 saturated carbocycles. The van der Waals surface area contributed by atoms with Gasteiger partial charge in [-0.3, -0.25) is 4.79 Å². The maximum atomic E-state index is 13.7. The van der Waals surface area contributed by atoms with E-state index in [1.54, 1.807) is 6.07 Å².